The summed E-state index contributed by atoms with van der Waals surface area (Å²) in [5.74, 6) is 1.62. The molecule has 0 saturated carbocycles. The smallest absolute Gasteiger partial charge is 0.216 e. The monoisotopic (exact) mass is 977 g/mol. The van der Waals surface area contributed by atoms with Crippen molar-refractivity contribution in [2.75, 3.05) is 0 Å². The molecule has 10 aromatic rings. The number of furan rings is 1. The molecule has 0 unspecified atom stereocenters. The minimum absolute atomic E-state index is 0. The SMILES string of the molecule is CC(C)c1cc(-c2[c-]cccc2)ncc1[Si](C)(C)C.Cc1ccc2c(n1)oc1c(-c3nc4ccccc4n3-c3c(C(C)C)c4ccccc4c4ccccc34)[c-]ccc12.[Ir]. The third kappa shape index (κ3) is 7.29. The standard InChI is InChI=1S/C36H26N3O.C17H22NSi.Ir/c1-21(2)32-25-13-6-4-11-23(25)24-12-5-7-14-26(24)33(32)39-31-18-9-8-17-30(31)38-35(39)29-16-10-15-27-28-20-19-22(3)37-36(28)40-34(27)29;1-13(2)15-11-16(14-9-7-6-8-10-14)18-12-17(15)19(3,4)5;/h4-15,17-21H,1-3H3;6-9,11-13H,1-5H3;/q2*-1;. The second-order valence-corrected chi connectivity index (χ2v) is 22.1. The van der Waals surface area contributed by atoms with Gasteiger partial charge in [0.25, 0.3) is 0 Å². The molecule has 0 spiro atoms. The van der Waals surface area contributed by atoms with Gasteiger partial charge in [-0.2, -0.15) is 0 Å². The number of fused-ring (bicyclic) bond motifs is 7. The first-order valence-corrected chi connectivity index (χ1v) is 24.1. The number of nitrogens with zero attached hydrogens (tertiary/aromatic N) is 4. The average molecular weight is 977 g/mol. The van der Waals surface area contributed by atoms with E-state index in [4.69, 9.17) is 9.40 Å². The van der Waals surface area contributed by atoms with Gasteiger partial charge in [-0.15, -0.1) is 54.1 Å². The Bertz CT molecular complexity index is 3180. The first-order chi connectivity index (χ1) is 28.5. The van der Waals surface area contributed by atoms with Gasteiger partial charge >= 0.3 is 0 Å². The van der Waals surface area contributed by atoms with Crippen LogP contribution in [0.5, 0.6) is 0 Å². The maximum atomic E-state index is 6.45. The first kappa shape index (κ1) is 41.0. The van der Waals surface area contributed by atoms with Gasteiger partial charge in [-0.1, -0.05) is 131 Å². The molecule has 60 heavy (non-hydrogen) atoms. The largest absolute Gasteiger partial charge is 0.486 e. The van der Waals surface area contributed by atoms with E-state index in [1.165, 1.54) is 37.9 Å². The maximum Gasteiger partial charge on any atom is 0.216 e. The van der Waals surface area contributed by atoms with Crippen molar-refractivity contribution < 1.29 is 24.5 Å². The summed E-state index contributed by atoms with van der Waals surface area (Å²) in [5, 5.41) is 8.45. The number of aromatic nitrogens is 4. The Balaban J connectivity index is 0.000000211. The van der Waals surface area contributed by atoms with Crippen LogP contribution in [0, 0.1) is 19.1 Å². The van der Waals surface area contributed by atoms with E-state index in [1.807, 2.05) is 43.3 Å². The molecule has 4 aromatic heterocycles. The van der Waals surface area contributed by atoms with Crippen molar-refractivity contribution >= 4 is 67.9 Å². The molecule has 5 nitrogen and oxygen atoms in total. The zero-order chi connectivity index (χ0) is 41.0. The van der Waals surface area contributed by atoms with E-state index < -0.39 is 8.07 Å². The van der Waals surface area contributed by atoms with Gasteiger partial charge in [0.15, 0.2) is 0 Å². The Hall–Kier alpha value is -5.72. The van der Waals surface area contributed by atoms with E-state index in [0.29, 0.717) is 11.6 Å². The Morgan fingerprint density at radius 3 is 2.03 bits per heavy atom. The molecule has 0 aliphatic carbocycles. The molecule has 0 N–H and O–H groups in total. The van der Waals surface area contributed by atoms with Gasteiger partial charge in [-0.25, -0.2) is 4.98 Å². The minimum Gasteiger partial charge on any atom is -0.486 e. The summed E-state index contributed by atoms with van der Waals surface area (Å²) in [7, 11) is -1.34. The fourth-order valence-electron chi connectivity index (χ4n) is 8.55. The van der Waals surface area contributed by atoms with E-state index in [1.54, 1.807) is 0 Å². The molecule has 0 saturated heterocycles. The molecule has 10 rings (SSSR count). The number of benzene rings is 6. The molecule has 0 aliphatic rings. The Morgan fingerprint density at radius 1 is 0.650 bits per heavy atom. The number of hydrogen-bond donors (Lipinski definition) is 0. The molecule has 0 aliphatic heterocycles. The van der Waals surface area contributed by atoms with Crippen LogP contribution in [0.25, 0.3) is 83.0 Å². The molecule has 0 amide bonds. The van der Waals surface area contributed by atoms with Gasteiger partial charge in [0.05, 0.1) is 36.2 Å². The van der Waals surface area contributed by atoms with E-state index in [0.717, 1.165) is 61.4 Å². The first-order valence-electron chi connectivity index (χ1n) is 20.6. The summed E-state index contributed by atoms with van der Waals surface area (Å²) in [6, 6.07) is 51.0. The molecule has 1 radical (unpaired) electrons. The van der Waals surface area contributed by atoms with Crippen molar-refractivity contribution in [2.24, 2.45) is 0 Å². The van der Waals surface area contributed by atoms with Gasteiger partial charge in [0.1, 0.15) is 0 Å². The third-order valence-electron chi connectivity index (χ3n) is 11.3. The Kier molecular flexibility index (Phi) is 11.2. The minimum atomic E-state index is -1.34. The summed E-state index contributed by atoms with van der Waals surface area (Å²) in [6.07, 6.45) is 2.09. The van der Waals surface area contributed by atoms with Crippen LogP contribution < -0.4 is 5.19 Å². The quantitative estimate of drug-likeness (QED) is 0.0946. The van der Waals surface area contributed by atoms with Gasteiger partial charge in [-0.3, -0.25) is 4.98 Å². The third-order valence-corrected chi connectivity index (χ3v) is 13.4. The molecular formula is C53H48IrN4OSi-2. The number of pyridine rings is 2. The van der Waals surface area contributed by atoms with Crippen LogP contribution in [-0.4, -0.2) is 27.6 Å². The van der Waals surface area contributed by atoms with Crippen LogP contribution in [0.3, 0.4) is 0 Å². The molecule has 0 fully saturated rings. The maximum absolute atomic E-state index is 6.45. The fraction of sp³-hybridized carbons (Fsp3) is 0.189. The zero-order valence-electron chi connectivity index (χ0n) is 35.4. The van der Waals surface area contributed by atoms with Crippen LogP contribution in [0.2, 0.25) is 19.6 Å². The van der Waals surface area contributed by atoms with Crippen molar-refractivity contribution in [2.45, 2.75) is 66.1 Å². The molecule has 7 heteroatoms. The van der Waals surface area contributed by atoms with Crippen LogP contribution in [0.1, 0.15) is 56.4 Å². The van der Waals surface area contributed by atoms with Gasteiger partial charge in [0, 0.05) is 42.8 Å². The van der Waals surface area contributed by atoms with Crippen LogP contribution in [0.15, 0.2) is 138 Å². The van der Waals surface area contributed by atoms with Crippen molar-refractivity contribution in [1.82, 2.24) is 19.5 Å². The molecule has 6 aromatic carbocycles. The predicted molar refractivity (Wildman–Crippen MR) is 250 cm³/mol. The van der Waals surface area contributed by atoms with E-state index in [2.05, 4.69) is 171 Å². The van der Waals surface area contributed by atoms with Gasteiger partial charge < -0.3 is 14.0 Å². The van der Waals surface area contributed by atoms with Crippen molar-refractivity contribution in [1.29, 1.82) is 0 Å². The van der Waals surface area contributed by atoms with E-state index in [-0.39, 0.29) is 26.0 Å². The number of para-hydroxylation sites is 2. The van der Waals surface area contributed by atoms with Crippen molar-refractivity contribution in [3.05, 3.63) is 163 Å². The van der Waals surface area contributed by atoms with Crippen LogP contribution in [-0.2, 0) is 20.1 Å². The predicted octanol–water partition coefficient (Wildman–Crippen LogP) is 13.7. The molecule has 0 bridgehead atoms. The summed E-state index contributed by atoms with van der Waals surface area (Å²) in [5.41, 5.74) is 11.1. The Morgan fingerprint density at radius 2 is 1.33 bits per heavy atom. The summed E-state index contributed by atoms with van der Waals surface area (Å²) in [6.45, 7) is 18.2. The van der Waals surface area contributed by atoms with E-state index >= 15 is 0 Å². The van der Waals surface area contributed by atoms with Crippen molar-refractivity contribution in [3.8, 4) is 28.3 Å². The number of imidazole rings is 1. The average Bonchev–Trinajstić information content (AvgIpc) is 3.81. The Labute approximate surface area is 366 Å². The molecule has 4 heterocycles. The topological polar surface area (TPSA) is 56.7 Å². The number of rotatable bonds is 6. The molecule has 0 atom stereocenters. The second-order valence-electron chi connectivity index (χ2n) is 17.1. The number of aryl methyl sites for hydroxylation is 1. The second kappa shape index (κ2) is 16.4. The summed E-state index contributed by atoms with van der Waals surface area (Å²) in [4.78, 5) is 14.6. The fourth-order valence-corrected chi connectivity index (χ4v) is 10.2. The number of hydrogen-bond acceptors (Lipinski definition) is 4. The summed E-state index contributed by atoms with van der Waals surface area (Å²) < 4.78 is 8.78. The van der Waals surface area contributed by atoms with Crippen LogP contribution in [0.4, 0.5) is 0 Å². The van der Waals surface area contributed by atoms with Gasteiger partial charge in [0.2, 0.25) is 5.71 Å². The normalized spacial score (nSPS) is 11.8. The summed E-state index contributed by atoms with van der Waals surface area (Å²) >= 11 is 0. The van der Waals surface area contributed by atoms with E-state index in [9.17, 15) is 0 Å². The van der Waals surface area contributed by atoms with Crippen LogP contribution >= 0.6 is 0 Å². The molecule has 301 valence electrons. The van der Waals surface area contributed by atoms with Crippen molar-refractivity contribution in [3.63, 3.8) is 0 Å². The van der Waals surface area contributed by atoms with Gasteiger partial charge in [-0.05, 0) is 75.6 Å². The zero-order valence-corrected chi connectivity index (χ0v) is 38.8. The molecular weight excluding hydrogens is 929 g/mol.